The first kappa shape index (κ1) is 16.6. The number of nitrogens with one attached hydrogen (secondary N) is 1. The van der Waals surface area contributed by atoms with Crippen LogP contribution < -0.4 is 11.1 Å². The lowest BCUT2D eigenvalue weighted by molar-refractivity contribution is 0.100. The van der Waals surface area contributed by atoms with E-state index in [0.717, 1.165) is 28.8 Å². The molecule has 1 aliphatic carbocycles. The molecule has 0 bridgehead atoms. The smallest absolute Gasteiger partial charge is 0.252 e. The number of primary amides is 1. The third-order valence-electron chi connectivity index (χ3n) is 5.80. The average molecular weight is 348 g/mol. The minimum absolute atomic E-state index is 0.337. The highest BCUT2D eigenvalue weighted by Crippen LogP contribution is 2.36. The molecule has 3 N–H and O–H groups in total. The summed E-state index contributed by atoms with van der Waals surface area (Å²) in [6.07, 6.45) is 5.85. The minimum Gasteiger partial charge on any atom is -0.380 e. The summed E-state index contributed by atoms with van der Waals surface area (Å²) in [6.45, 7) is 4.56. The molecule has 1 saturated carbocycles. The highest BCUT2D eigenvalue weighted by atomic mass is 16.1. The molecule has 1 fully saturated rings. The molecular weight excluding hydrogens is 324 g/mol. The number of carbonyl (C=O) groups excluding carboxylic acids is 1. The summed E-state index contributed by atoms with van der Waals surface area (Å²) < 4.78 is 1.82. The number of hydrogen-bond donors (Lipinski definition) is 2. The molecule has 0 saturated heterocycles. The third kappa shape index (κ3) is 2.83. The van der Waals surface area contributed by atoms with Gasteiger partial charge in [0.25, 0.3) is 5.91 Å². The molecule has 5 heteroatoms. The zero-order valence-electron chi connectivity index (χ0n) is 15.1. The highest BCUT2D eigenvalue weighted by Gasteiger charge is 2.31. The quantitative estimate of drug-likeness (QED) is 0.750. The van der Waals surface area contributed by atoms with Gasteiger partial charge in [0, 0.05) is 17.8 Å². The van der Waals surface area contributed by atoms with E-state index in [2.05, 4.69) is 42.5 Å². The second kappa shape index (κ2) is 6.48. The fraction of sp³-hybridized carbons (Fsp3) is 0.333. The van der Waals surface area contributed by atoms with Gasteiger partial charge in [0.2, 0.25) is 0 Å². The van der Waals surface area contributed by atoms with Gasteiger partial charge < -0.3 is 11.1 Å². The summed E-state index contributed by atoms with van der Waals surface area (Å²) in [5, 5.41) is 8.01. The predicted molar refractivity (Wildman–Crippen MR) is 104 cm³/mol. The maximum absolute atomic E-state index is 12.0. The number of hydrogen-bond acceptors (Lipinski definition) is 3. The van der Waals surface area contributed by atoms with E-state index in [-0.39, 0.29) is 0 Å². The van der Waals surface area contributed by atoms with Crippen molar-refractivity contribution in [1.29, 1.82) is 0 Å². The first-order chi connectivity index (χ1) is 12.5. The number of nitrogens with two attached hydrogens (primary N) is 1. The van der Waals surface area contributed by atoms with Crippen LogP contribution in [-0.2, 0) is 0 Å². The molecule has 134 valence electrons. The molecule has 0 aliphatic heterocycles. The van der Waals surface area contributed by atoms with E-state index in [1.165, 1.54) is 6.42 Å². The van der Waals surface area contributed by atoms with Gasteiger partial charge in [-0.15, -0.1) is 0 Å². The Kier molecular flexibility index (Phi) is 4.15. The van der Waals surface area contributed by atoms with E-state index in [1.54, 1.807) is 6.20 Å². The van der Waals surface area contributed by atoms with Gasteiger partial charge in [0.15, 0.2) is 0 Å². The van der Waals surface area contributed by atoms with Crippen LogP contribution in [0.1, 0.15) is 37.0 Å². The van der Waals surface area contributed by atoms with Crippen LogP contribution in [0.3, 0.4) is 0 Å². The van der Waals surface area contributed by atoms with E-state index < -0.39 is 5.91 Å². The number of anilines is 1. The second-order valence-corrected chi connectivity index (χ2v) is 7.39. The van der Waals surface area contributed by atoms with Crippen molar-refractivity contribution in [2.24, 2.45) is 17.6 Å². The number of aromatic nitrogens is 2. The zero-order valence-corrected chi connectivity index (χ0v) is 15.1. The Balaban J connectivity index is 1.81. The Hall–Kier alpha value is -2.82. The summed E-state index contributed by atoms with van der Waals surface area (Å²) in [7, 11) is 0. The van der Waals surface area contributed by atoms with Crippen LogP contribution in [0.4, 0.5) is 5.69 Å². The zero-order chi connectivity index (χ0) is 18.3. The molecule has 4 rings (SSSR count). The van der Waals surface area contributed by atoms with Gasteiger partial charge in [0.1, 0.15) is 0 Å². The maximum Gasteiger partial charge on any atom is 0.252 e. The molecule has 3 unspecified atom stereocenters. The van der Waals surface area contributed by atoms with Crippen molar-refractivity contribution in [2.75, 3.05) is 5.32 Å². The van der Waals surface area contributed by atoms with Crippen LogP contribution in [0.2, 0.25) is 0 Å². The molecule has 0 radical (unpaired) electrons. The Bertz CT molecular complexity index is 947. The molecule has 26 heavy (non-hydrogen) atoms. The van der Waals surface area contributed by atoms with Gasteiger partial charge in [-0.1, -0.05) is 44.2 Å². The average Bonchev–Trinajstić information content (AvgIpc) is 3.21. The Labute approximate surface area is 153 Å². The van der Waals surface area contributed by atoms with Gasteiger partial charge in [0.05, 0.1) is 23.0 Å². The summed E-state index contributed by atoms with van der Waals surface area (Å²) in [6, 6.07) is 12.6. The van der Waals surface area contributed by atoms with Gasteiger partial charge >= 0.3 is 0 Å². The van der Waals surface area contributed by atoms with Gasteiger partial charge in [-0.05, 0) is 36.3 Å². The van der Waals surface area contributed by atoms with E-state index in [9.17, 15) is 4.79 Å². The van der Waals surface area contributed by atoms with Crippen molar-refractivity contribution in [3.05, 3.63) is 54.4 Å². The standard InChI is InChI=1S/C21H24N4O/c1-13-8-9-18(14(13)2)24-20-17(21(22)26)11-23-25-12-16(10-19(20)25)15-6-4-3-5-7-15/h3-7,10-14,18,24H,8-9H2,1-2H3,(H2,22,26). The Morgan fingerprint density at radius 3 is 2.62 bits per heavy atom. The molecule has 1 aliphatic rings. The molecule has 0 spiro atoms. The molecule has 5 nitrogen and oxygen atoms in total. The van der Waals surface area contributed by atoms with E-state index in [4.69, 9.17) is 5.73 Å². The van der Waals surface area contributed by atoms with Gasteiger partial charge in [-0.25, -0.2) is 4.52 Å². The van der Waals surface area contributed by atoms with Crippen molar-refractivity contribution < 1.29 is 4.79 Å². The monoisotopic (exact) mass is 348 g/mol. The molecular formula is C21H24N4O. The first-order valence-electron chi connectivity index (χ1n) is 9.17. The molecule has 3 aromatic rings. The number of fused-ring (bicyclic) bond motifs is 1. The fourth-order valence-corrected chi connectivity index (χ4v) is 3.94. The van der Waals surface area contributed by atoms with Crippen molar-refractivity contribution >= 4 is 17.1 Å². The van der Waals surface area contributed by atoms with Crippen LogP contribution in [0.25, 0.3) is 16.6 Å². The molecule has 3 atom stereocenters. The van der Waals surface area contributed by atoms with Crippen molar-refractivity contribution in [3.63, 3.8) is 0 Å². The van der Waals surface area contributed by atoms with Crippen LogP contribution in [0, 0.1) is 11.8 Å². The van der Waals surface area contributed by atoms with Crippen molar-refractivity contribution in [3.8, 4) is 11.1 Å². The van der Waals surface area contributed by atoms with Crippen LogP contribution >= 0.6 is 0 Å². The molecule has 2 heterocycles. The SMILES string of the molecule is CC1CCC(Nc2c(C(N)=O)cnn3cc(-c4ccccc4)cc23)C1C. The normalized spacial score (nSPS) is 22.6. The second-order valence-electron chi connectivity index (χ2n) is 7.39. The summed E-state index contributed by atoms with van der Waals surface area (Å²) in [5.74, 6) is 0.769. The van der Waals surface area contributed by atoms with Crippen LogP contribution in [0.5, 0.6) is 0 Å². The lowest BCUT2D eigenvalue weighted by Crippen LogP contribution is -2.26. The van der Waals surface area contributed by atoms with Crippen molar-refractivity contribution in [1.82, 2.24) is 9.61 Å². The molecule has 1 amide bonds. The van der Waals surface area contributed by atoms with E-state index >= 15 is 0 Å². The summed E-state index contributed by atoms with van der Waals surface area (Å²) in [5.41, 5.74) is 9.93. The Morgan fingerprint density at radius 1 is 1.19 bits per heavy atom. The topological polar surface area (TPSA) is 72.4 Å². The number of nitrogens with zero attached hydrogens (tertiary/aromatic N) is 2. The molecule has 1 aromatic carbocycles. The summed E-state index contributed by atoms with van der Waals surface area (Å²) in [4.78, 5) is 12.0. The number of carbonyl (C=O) groups is 1. The summed E-state index contributed by atoms with van der Waals surface area (Å²) >= 11 is 0. The van der Waals surface area contributed by atoms with Crippen LogP contribution in [-0.4, -0.2) is 21.6 Å². The van der Waals surface area contributed by atoms with E-state index in [0.29, 0.717) is 23.4 Å². The first-order valence-corrected chi connectivity index (χ1v) is 9.17. The van der Waals surface area contributed by atoms with Crippen LogP contribution in [0.15, 0.2) is 48.8 Å². The Morgan fingerprint density at radius 2 is 1.96 bits per heavy atom. The lowest BCUT2D eigenvalue weighted by atomic mass is 9.97. The van der Waals surface area contributed by atoms with Gasteiger partial charge in [-0.2, -0.15) is 5.10 Å². The van der Waals surface area contributed by atoms with E-state index in [1.807, 2.05) is 28.9 Å². The minimum atomic E-state index is -0.455. The fourth-order valence-electron chi connectivity index (χ4n) is 3.94. The molecule has 2 aromatic heterocycles. The highest BCUT2D eigenvalue weighted by molar-refractivity contribution is 6.02. The number of amides is 1. The lowest BCUT2D eigenvalue weighted by Gasteiger charge is -2.22. The predicted octanol–water partition coefficient (Wildman–Crippen LogP) is 3.95. The number of rotatable bonds is 4. The third-order valence-corrected chi connectivity index (χ3v) is 5.80. The largest absolute Gasteiger partial charge is 0.380 e. The maximum atomic E-state index is 12.0. The van der Waals surface area contributed by atoms with Crippen molar-refractivity contribution in [2.45, 2.75) is 32.7 Å². The van der Waals surface area contributed by atoms with Gasteiger partial charge in [-0.3, -0.25) is 4.79 Å². The number of benzene rings is 1.